The molecule has 4 rings (SSSR count). The van der Waals surface area contributed by atoms with Gasteiger partial charge in [-0.05, 0) is 24.3 Å². The number of phenols is 1. The Morgan fingerprint density at radius 1 is 1.32 bits per heavy atom. The number of nitrogens with zero attached hydrogens (tertiary/aromatic N) is 4. The number of benzene rings is 2. The van der Waals surface area contributed by atoms with Crippen LogP contribution in [-0.4, -0.2) is 40.7 Å². The molecule has 3 aromatic rings. The second kappa shape index (κ2) is 7.91. The second-order valence-corrected chi connectivity index (χ2v) is 7.14. The van der Waals surface area contributed by atoms with Crippen molar-refractivity contribution in [1.82, 2.24) is 4.68 Å². The Morgan fingerprint density at radius 2 is 2.06 bits per heavy atom. The first-order valence-corrected chi connectivity index (χ1v) is 9.66. The molecule has 0 radical (unpaired) electrons. The number of hydrogen-bond donors (Lipinski definition) is 2. The summed E-state index contributed by atoms with van der Waals surface area (Å²) in [5.74, 6) is -0.341. The molecular formula is C19H15N5O6S. The summed E-state index contributed by atoms with van der Waals surface area (Å²) in [5.41, 5.74) is 6.40. The largest absolute Gasteiger partial charge is 0.507 e. The van der Waals surface area contributed by atoms with Crippen molar-refractivity contribution >= 4 is 29.1 Å². The van der Waals surface area contributed by atoms with E-state index < -0.39 is 10.8 Å². The third kappa shape index (κ3) is 3.71. The molecule has 0 fully saturated rings. The van der Waals surface area contributed by atoms with E-state index in [2.05, 4.69) is 10.1 Å². The van der Waals surface area contributed by atoms with Crippen molar-refractivity contribution in [2.24, 2.45) is 15.8 Å². The lowest BCUT2D eigenvalue weighted by Gasteiger charge is -2.07. The number of nitro benzene ring substituents is 1. The number of hydrogen-bond acceptors (Lipinski definition) is 9. The summed E-state index contributed by atoms with van der Waals surface area (Å²) in [5, 5.41) is 27.5. The van der Waals surface area contributed by atoms with Gasteiger partial charge in [0.25, 0.3) is 11.6 Å². The summed E-state index contributed by atoms with van der Waals surface area (Å²) in [7, 11) is 1.58. The number of aromatic hydroxyl groups is 1. The number of amides is 1. The zero-order valence-electron chi connectivity index (χ0n) is 16.0. The van der Waals surface area contributed by atoms with E-state index in [0.717, 1.165) is 0 Å². The fraction of sp³-hybridized carbons (Fsp3) is 0.105. The first-order chi connectivity index (χ1) is 14.9. The van der Waals surface area contributed by atoms with Gasteiger partial charge in [-0.3, -0.25) is 19.9 Å². The Hall–Kier alpha value is -4.19. The van der Waals surface area contributed by atoms with Crippen LogP contribution in [0.5, 0.6) is 17.2 Å². The van der Waals surface area contributed by atoms with E-state index in [-0.39, 0.29) is 29.4 Å². The Labute approximate surface area is 178 Å². The Balaban J connectivity index is 1.82. The molecule has 158 valence electrons. The zero-order valence-corrected chi connectivity index (χ0v) is 16.8. The zero-order chi connectivity index (χ0) is 22.1. The van der Waals surface area contributed by atoms with Gasteiger partial charge >= 0.3 is 0 Å². The van der Waals surface area contributed by atoms with Gasteiger partial charge in [0.05, 0.1) is 34.0 Å². The summed E-state index contributed by atoms with van der Waals surface area (Å²) in [6.07, 6.45) is 1.32. The molecule has 0 saturated carbocycles. The van der Waals surface area contributed by atoms with Crippen LogP contribution in [-0.2, 0) is 0 Å². The maximum absolute atomic E-state index is 11.6. The molecule has 2 heterocycles. The van der Waals surface area contributed by atoms with Crippen LogP contribution in [0.15, 0.2) is 45.8 Å². The number of thiazole rings is 1. The fourth-order valence-electron chi connectivity index (χ4n) is 2.98. The molecule has 0 unspecified atom stereocenters. The van der Waals surface area contributed by atoms with Crippen molar-refractivity contribution < 1.29 is 24.3 Å². The molecule has 1 amide bonds. The number of rotatable bonds is 5. The molecular weight excluding hydrogens is 426 g/mol. The summed E-state index contributed by atoms with van der Waals surface area (Å²) in [6.45, 7) is -0.0155. The number of primary amides is 1. The summed E-state index contributed by atoms with van der Waals surface area (Å²) in [6, 6.07) is 7.15. The Morgan fingerprint density at radius 3 is 2.74 bits per heavy atom. The minimum Gasteiger partial charge on any atom is -0.507 e. The minimum absolute atomic E-state index is 0.0155. The first kappa shape index (κ1) is 20.1. The Bertz CT molecular complexity index is 1310. The van der Waals surface area contributed by atoms with Crippen LogP contribution in [0, 0.1) is 10.1 Å². The standard InChI is InChI=1S/C19H15N5O6S/c1-21-19-23(14(8-31-19)10-2-3-15(25)12(4-10)18(20)26)22-7-11-5-16-17(30-9-29-16)6-13(11)24(27)28/h2-8,25H,9H2,1H3,(H2,20,26)/b21-19?,22-7+. The van der Waals surface area contributed by atoms with Crippen molar-refractivity contribution in [3.05, 3.63) is 61.8 Å². The molecule has 1 aliphatic heterocycles. The molecule has 11 nitrogen and oxygen atoms in total. The van der Waals surface area contributed by atoms with Crippen LogP contribution in [0.4, 0.5) is 5.69 Å². The van der Waals surface area contributed by atoms with Crippen molar-refractivity contribution in [3.63, 3.8) is 0 Å². The maximum Gasteiger partial charge on any atom is 0.282 e. The molecule has 0 atom stereocenters. The van der Waals surface area contributed by atoms with Gasteiger partial charge in [-0.25, -0.2) is 4.68 Å². The average Bonchev–Trinajstić information content (AvgIpc) is 3.37. The summed E-state index contributed by atoms with van der Waals surface area (Å²) >= 11 is 1.28. The molecule has 0 spiro atoms. The highest BCUT2D eigenvalue weighted by molar-refractivity contribution is 7.07. The van der Waals surface area contributed by atoms with E-state index in [1.807, 2.05) is 0 Å². The molecule has 2 aromatic carbocycles. The first-order valence-electron chi connectivity index (χ1n) is 8.78. The van der Waals surface area contributed by atoms with Gasteiger partial charge in [0.15, 0.2) is 11.5 Å². The highest BCUT2D eigenvalue weighted by atomic mass is 32.1. The molecule has 0 aliphatic carbocycles. The van der Waals surface area contributed by atoms with Gasteiger partial charge < -0.3 is 20.3 Å². The van der Waals surface area contributed by atoms with E-state index >= 15 is 0 Å². The van der Waals surface area contributed by atoms with E-state index in [1.165, 1.54) is 46.5 Å². The quantitative estimate of drug-likeness (QED) is 0.351. The van der Waals surface area contributed by atoms with Gasteiger partial charge in [0.2, 0.25) is 11.6 Å². The molecule has 3 N–H and O–H groups in total. The van der Waals surface area contributed by atoms with Crippen molar-refractivity contribution in [2.75, 3.05) is 13.8 Å². The fourth-order valence-corrected chi connectivity index (χ4v) is 3.79. The summed E-state index contributed by atoms with van der Waals surface area (Å²) < 4.78 is 12.0. The van der Waals surface area contributed by atoms with E-state index in [4.69, 9.17) is 15.2 Å². The molecule has 1 aromatic heterocycles. The van der Waals surface area contributed by atoms with Gasteiger partial charge in [0, 0.05) is 18.0 Å². The molecule has 1 aliphatic rings. The van der Waals surface area contributed by atoms with Gasteiger partial charge in [0.1, 0.15) is 5.75 Å². The molecule has 31 heavy (non-hydrogen) atoms. The van der Waals surface area contributed by atoms with Crippen LogP contribution >= 0.6 is 11.3 Å². The number of aromatic nitrogens is 1. The van der Waals surface area contributed by atoms with Crippen LogP contribution in [0.2, 0.25) is 0 Å². The molecule has 0 bridgehead atoms. The van der Waals surface area contributed by atoms with Crippen molar-refractivity contribution in [2.45, 2.75) is 0 Å². The average molecular weight is 441 g/mol. The van der Waals surface area contributed by atoms with E-state index in [9.17, 15) is 20.0 Å². The number of carbonyl (C=O) groups excluding carboxylic acids is 1. The number of carbonyl (C=O) groups is 1. The van der Waals surface area contributed by atoms with Crippen LogP contribution in [0.1, 0.15) is 15.9 Å². The highest BCUT2D eigenvalue weighted by Crippen LogP contribution is 2.37. The number of nitrogens with two attached hydrogens (primary N) is 1. The van der Waals surface area contributed by atoms with Gasteiger partial charge in [-0.1, -0.05) is 0 Å². The monoisotopic (exact) mass is 441 g/mol. The predicted octanol–water partition coefficient (Wildman–Crippen LogP) is 2.07. The number of nitro groups is 1. The van der Waals surface area contributed by atoms with Crippen molar-refractivity contribution in [3.8, 4) is 28.5 Å². The highest BCUT2D eigenvalue weighted by Gasteiger charge is 2.22. The maximum atomic E-state index is 11.6. The number of ether oxygens (including phenoxy) is 2. The second-order valence-electron chi connectivity index (χ2n) is 6.30. The molecule has 12 heteroatoms. The van der Waals surface area contributed by atoms with Crippen LogP contribution in [0.25, 0.3) is 11.3 Å². The minimum atomic E-state index is -0.777. The van der Waals surface area contributed by atoms with Gasteiger partial charge in [-0.15, -0.1) is 11.3 Å². The third-order valence-electron chi connectivity index (χ3n) is 4.47. The van der Waals surface area contributed by atoms with Crippen molar-refractivity contribution in [1.29, 1.82) is 0 Å². The normalized spacial score (nSPS) is 13.1. The van der Waals surface area contributed by atoms with E-state index in [0.29, 0.717) is 27.6 Å². The lowest BCUT2D eigenvalue weighted by Crippen LogP contribution is -2.13. The Kier molecular flexibility index (Phi) is 5.13. The third-order valence-corrected chi connectivity index (χ3v) is 5.37. The number of fused-ring (bicyclic) bond motifs is 1. The SMILES string of the molecule is CN=c1scc(-c2ccc(O)c(C(N)=O)c2)n1/N=C/c1cc2c(cc1[N+](=O)[O-])OCO2. The lowest BCUT2D eigenvalue weighted by molar-refractivity contribution is -0.385. The smallest absolute Gasteiger partial charge is 0.282 e. The topological polar surface area (TPSA) is 155 Å². The predicted molar refractivity (Wildman–Crippen MR) is 112 cm³/mol. The lowest BCUT2D eigenvalue weighted by atomic mass is 10.1. The van der Waals surface area contributed by atoms with Crippen LogP contribution in [0.3, 0.4) is 0 Å². The van der Waals surface area contributed by atoms with Crippen LogP contribution < -0.4 is 20.0 Å². The van der Waals surface area contributed by atoms with E-state index in [1.54, 1.807) is 18.5 Å². The molecule has 0 saturated heterocycles. The summed E-state index contributed by atoms with van der Waals surface area (Å²) in [4.78, 5) is 27.2. The van der Waals surface area contributed by atoms with Gasteiger partial charge in [-0.2, -0.15) is 5.10 Å².